The van der Waals surface area contributed by atoms with Crippen molar-refractivity contribution < 1.29 is 4.52 Å². The Bertz CT molecular complexity index is 973. The number of nitrogens with one attached hydrogen (secondary N) is 2. The molecule has 1 aliphatic heterocycles. The van der Waals surface area contributed by atoms with Gasteiger partial charge in [-0.05, 0) is 44.0 Å². The fourth-order valence-corrected chi connectivity index (χ4v) is 3.86. The molecule has 7 nitrogen and oxygen atoms in total. The van der Waals surface area contributed by atoms with Crippen molar-refractivity contribution in [2.75, 3.05) is 32.7 Å². The van der Waals surface area contributed by atoms with Crippen molar-refractivity contribution >= 4 is 40.8 Å². The lowest BCUT2D eigenvalue weighted by Crippen LogP contribution is -2.52. The van der Waals surface area contributed by atoms with Gasteiger partial charge in [-0.25, -0.2) is 4.99 Å². The first-order valence-electron chi connectivity index (χ1n) is 10.4. The molecule has 3 heterocycles. The van der Waals surface area contributed by atoms with E-state index >= 15 is 0 Å². The van der Waals surface area contributed by atoms with Gasteiger partial charge in [0.2, 0.25) is 0 Å². The van der Waals surface area contributed by atoms with Crippen LogP contribution in [0, 0.1) is 13.8 Å². The van der Waals surface area contributed by atoms with E-state index in [0.29, 0.717) is 6.54 Å². The molecule has 0 unspecified atom stereocenters. The van der Waals surface area contributed by atoms with Crippen LogP contribution in [-0.4, -0.2) is 58.6 Å². The summed E-state index contributed by atoms with van der Waals surface area (Å²) in [5.74, 6) is 0.996. The summed E-state index contributed by atoms with van der Waals surface area (Å²) in [6, 6.07) is 8.52. The van der Waals surface area contributed by atoms with E-state index in [4.69, 9.17) is 9.52 Å². The number of rotatable bonds is 5. The predicted octanol–water partition coefficient (Wildman–Crippen LogP) is 3.67. The van der Waals surface area contributed by atoms with Crippen molar-refractivity contribution in [1.29, 1.82) is 0 Å². The Morgan fingerprint density at radius 3 is 2.70 bits per heavy atom. The number of aliphatic imine (C=N–C) groups is 1. The molecule has 162 valence electrons. The van der Waals surface area contributed by atoms with E-state index in [1.807, 2.05) is 6.07 Å². The third-order valence-corrected chi connectivity index (χ3v) is 5.67. The van der Waals surface area contributed by atoms with Crippen LogP contribution in [0.3, 0.4) is 0 Å². The van der Waals surface area contributed by atoms with Crippen molar-refractivity contribution in [1.82, 2.24) is 25.3 Å². The van der Waals surface area contributed by atoms with Gasteiger partial charge in [0.25, 0.3) is 0 Å². The zero-order valence-corrected chi connectivity index (χ0v) is 20.3. The zero-order chi connectivity index (χ0) is 20.2. The van der Waals surface area contributed by atoms with Gasteiger partial charge in [0.15, 0.2) is 5.96 Å². The lowest BCUT2D eigenvalue weighted by molar-refractivity contribution is 0.169. The minimum atomic E-state index is 0. The largest absolute Gasteiger partial charge is 0.364 e. The number of hydrogen-bond acceptors (Lipinski definition) is 4. The van der Waals surface area contributed by atoms with Gasteiger partial charge in [-0.15, -0.1) is 24.0 Å². The highest BCUT2D eigenvalue weighted by Gasteiger charge is 2.20. The van der Waals surface area contributed by atoms with Crippen LogP contribution in [0.15, 0.2) is 40.0 Å². The summed E-state index contributed by atoms with van der Waals surface area (Å²) in [4.78, 5) is 13.1. The Labute approximate surface area is 194 Å². The summed E-state index contributed by atoms with van der Waals surface area (Å²) in [5.41, 5.74) is 5.98. The normalized spacial score (nSPS) is 15.4. The number of aromatic nitrogens is 2. The molecule has 4 rings (SSSR count). The number of fused-ring (bicyclic) bond motifs is 1. The van der Waals surface area contributed by atoms with Gasteiger partial charge in [-0.2, -0.15) is 0 Å². The highest BCUT2D eigenvalue weighted by atomic mass is 127. The summed E-state index contributed by atoms with van der Waals surface area (Å²) in [6.45, 7) is 12.7. The van der Waals surface area contributed by atoms with Crippen LogP contribution in [0.5, 0.6) is 0 Å². The summed E-state index contributed by atoms with van der Waals surface area (Å²) >= 11 is 0. The van der Waals surface area contributed by atoms with E-state index in [2.05, 4.69) is 64.2 Å². The summed E-state index contributed by atoms with van der Waals surface area (Å²) in [5, 5.41) is 8.77. The Kier molecular flexibility index (Phi) is 7.76. The highest BCUT2D eigenvalue weighted by molar-refractivity contribution is 14.0. The van der Waals surface area contributed by atoms with Crippen molar-refractivity contribution in [3.8, 4) is 0 Å². The molecule has 0 saturated carbocycles. The standard InChI is InChI=1S/C22H30N6O.HI/c1-4-23-22(28-10-8-27(9-11-28)15-19-7-12-29-26-19)24-14-18-5-6-21-20(13-18)16(2)17(3)25-21;/h5-7,12-13,25H,4,8-11,14-15H2,1-3H3,(H,23,24);1H. The zero-order valence-electron chi connectivity index (χ0n) is 17.9. The van der Waals surface area contributed by atoms with Gasteiger partial charge in [-0.3, -0.25) is 4.90 Å². The topological polar surface area (TPSA) is 72.7 Å². The molecule has 3 aromatic rings. The van der Waals surface area contributed by atoms with Crippen molar-refractivity contribution in [3.05, 3.63) is 53.0 Å². The van der Waals surface area contributed by atoms with Gasteiger partial charge < -0.3 is 19.7 Å². The number of hydrogen-bond donors (Lipinski definition) is 2. The number of aromatic amines is 1. The third-order valence-electron chi connectivity index (χ3n) is 5.67. The quantitative estimate of drug-likeness (QED) is 0.304. The van der Waals surface area contributed by atoms with Crippen LogP contribution in [0.1, 0.15) is 29.4 Å². The maximum atomic E-state index is 4.94. The molecule has 0 radical (unpaired) electrons. The van der Waals surface area contributed by atoms with Crippen molar-refractivity contribution in [2.24, 2.45) is 4.99 Å². The number of piperazine rings is 1. The average molecular weight is 522 g/mol. The Balaban J connectivity index is 0.00000256. The first kappa shape index (κ1) is 22.6. The molecule has 0 atom stereocenters. The molecular weight excluding hydrogens is 491 g/mol. The lowest BCUT2D eigenvalue weighted by atomic mass is 10.1. The SMILES string of the molecule is CCNC(=NCc1ccc2[nH]c(C)c(C)c2c1)N1CCN(Cc2ccon2)CC1.I. The molecule has 1 fully saturated rings. The highest BCUT2D eigenvalue weighted by Crippen LogP contribution is 2.22. The maximum Gasteiger partial charge on any atom is 0.194 e. The Morgan fingerprint density at radius 2 is 2.00 bits per heavy atom. The average Bonchev–Trinajstić information content (AvgIpc) is 3.34. The minimum absolute atomic E-state index is 0. The van der Waals surface area contributed by atoms with E-state index in [0.717, 1.165) is 50.9 Å². The molecule has 1 aromatic carbocycles. The van der Waals surface area contributed by atoms with Gasteiger partial charge >= 0.3 is 0 Å². The van der Waals surface area contributed by atoms with Gasteiger partial charge in [0.05, 0.1) is 12.2 Å². The first-order chi connectivity index (χ1) is 14.1. The number of halogens is 1. The van der Waals surface area contributed by atoms with E-state index in [1.54, 1.807) is 6.26 Å². The molecule has 0 bridgehead atoms. The molecule has 0 amide bonds. The number of nitrogens with zero attached hydrogens (tertiary/aromatic N) is 4. The molecule has 0 spiro atoms. The van der Waals surface area contributed by atoms with Crippen molar-refractivity contribution in [3.63, 3.8) is 0 Å². The fourth-order valence-electron chi connectivity index (χ4n) is 3.86. The molecule has 1 saturated heterocycles. The fraction of sp³-hybridized carbons (Fsp3) is 0.455. The molecule has 1 aliphatic rings. The lowest BCUT2D eigenvalue weighted by Gasteiger charge is -2.36. The van der Waals surface area contributed by atoms with Crippen LogP contribution in [0.2, 0.25) is 0 Å². The second-order valence-corrected chi connectivity index (χ2v) is 7.68. The Morgan fingerprint density at radius 1 is 1.20 bits per heavy atom. The van der Waals surface area contributed by atoms with Crippen LogP contribution >= 0.6 is 24.0 Å². The van der Waals surface area contributed by atoms with E-state index in [9.17, 15) is 0 Å². The van der Waals surface area contributed by atoms with Gasteiger partial charge in [-0.1, -0.05) is 11.2 Å². The van der Waals surface area contributed by atoms with E-state index in [-0.39, 0.29) is 24.0 Å². The molecule has 0 aliphatic carbocycles. The van der Waals surface area contributed by atoms with Gasteiger partial charge in [0, 0.05) is 61.9 Å². The third kappa shape index (κ3) is 5.15. The predicted molar refractivity (Wildman–Crippen MR) is 131 cm³/mol. The number of H-pyrrole nitrogens is 1. The van der Waals surface area contributed by atoms with Crippen LogP contribution in [-0.2, 0) is 13.1 Å². The van der Waals surface area contributed by atoms with Crippen molar-refractivity contribution in [2.45, 2.75) is 33.9 Å². The second-order valence-electron chi connectivity index (χ2n) is 7.68. The number of benzene rings is 1. The molecule has 2 aromatic heterocycles. The second kappa shape index (κ2) is 10.3. The van der Waals surface area contributed by atoms with E-state index in [1.165, 1.54) is 27.7 Å². The minimum Gasteiger partial charge on any atom is -0.364 e. The summed E-state index contributed by atoms with van der Waals surface area (Å²) < 4.78 is 4.94. The summed E-state index contributed by atoms with van der Waals surface area (Å²) in [6.07, 6.45) is 1.63. The first-order valence-corrected chi connectivity index (χ1v) is 10.4. The molecule has 8 heteroatoms. The maximum absolute atomic E-state index is 4.94. The molecular formula is C22H31IN6O. The molecule has 30 heavy (non-hydrogen) atoms. The smallest absolute Gasteiger partial charge is 0.194 e. The van der Waals surface area contributed by atoms with Crippen LogP contribution in [0.4, 0.5) is 0 Å². The van der Waals surface area contributed by atoms with E-state index < -0.39 is 0 Å². The number of guanidine groups is 1. The van der Waals surface area contributed by atoms with Crippen LogP contribution in [0.25, 0.3) is 10.9 Å². The number of aryl methyl sites for hydroxylation is 2. The Hall–Kier alpha value is -2.07. The van der Waals surface area contributed by atoms with Crippen LogP contribution < -0.4 is 5.32 Å². The van der Waals surface area contributed by atoms with Gasteiger partial charge in [0.1, 0.15) is 6.26 Å². The molecule has 2 N–H and O–H groups in total. The summed E-state index contributed by atoms with van der Waals surface area (Å²) in [7, 11) is 0. The monoisotopic (exact) mass is 522 g/mol.